The zero-order chi connectivity index (χ0) is 13.5. The summed E-state index contributed by atoms with van der Waals surface area (Å²) in [4.78, 5) is 11.8. The Balaban J connectivity index is 2.25. The van der Waals surface area contributed by atoms with E-state index in [1.165, 1.54) is 6.42 Å². The number of hydrogen-bond acceptors (Lipinski definition) is 3. The molecule has 106 valence electrons. The molecule has 2 amide bonds. The van der Waals surface area contributed by atoms with Crippen LogP contribution >= 0.6 is 11.8 Å². The maximum absolute atomic E-state index is 11.8. The van der Waals surface area contributed by atoms with Crippen molar-refractivity contribution in [3.8, 4) is 0 Å². The summed E-state index contributed by atoms with van der Waals surface area (Å²) in [5, 5.41) is 15.6. The summed E-state index contributed by atoms with van der Waals surface area (Å²) >= 11 is 1.99. The third-order valence-electron chi connectivity index (χ3n) is 3.62. The molecule has 4 atom stereocenters. The van der Waals surface area contributed by atoms with E-state index in [2.05, 4.69) is 17.6 Å². The molecule has 18 heavy (non-hydrogen) atoms. The topological polar surface area (TPSA) is 61.4 Å². The van der Waals surface area contributed by atoms with Crippen LogP contribution in [0.25, 0.3) is 0 Å². The zero-order valence-electron chi connectivity index (χ0n) is 11.6. The van der Waals surface area contributed by atoms with E-state index in [1.54, 1.807) is 0 Å². The number of aliphatic hydroxyl groups is 1. The molecular formula is C13H26N2O2S. The molecule has 5 heteroatoms. The number of carbonyl (C=O) groups excluding carboxylic acids is 1. The Bertz CT molecular complexity index is 263. The van der Waals surface area contributed by atoms with Crippen molar-refractivity contribution in [1.29, 1.82) is 0 Å². The molecule has 4 nitrogen and oxygen atoms in total. The van der Waals surface area contributed by atoms with E-state index < -0.39 is 0 Å². The molecule has 1 saturated carbocycles. The maximum Gasteiger partial charge on any atom is 0.315 e. The summed E-state index contributed by atoms with van der Waals surface area (Å²) in [6, 6.07) is 0.206. The van der Waals surface area contributed by atoms with Gasteiger partial charge in [0, 0.05) is 23.9 Å². The van der Waals surface area contributed by atoms with E-state index >= 15 is 0 Å². The molecule has 3 N–H and O–H groups in total. The number of aliphatic hydroxyl groups excluding tert-OH is 1. The molecule has 1 aliphatic carbocycles. The first kappa shape index (κ1) is 15.6. The van der Waals surface area contributed by atoms with Crippen LogP contribution in [0.4, 0.5) is 4.79 Å². The van der Waals surface area contributed by atoms with Gasteiger partial charge in [0.15, 0.2) is 0 Å². The Kier molecular flexibility index (Phi) is 6.86. The van der Waals surface area contributed by atoms with Crippen molar-refractivity contribution in [2.75, 3.05) is 12.4 Å². The summed E-state index contributed by atoms with van der Waals surface area (Å²) in [6.45, 7) is 6.12. The van der Waals surface area contributed by atoms with Gasteiger partial charge in [0.2, 0.25) is 0 Å². The van der Waals surface area contributed by atoms with Gasteiger partial charge in [-0.2, -0.15) is 11.8 Å². The molecule has 0 aromatic carbocycles. The van der Waals surface area contributed by atoms with Crippen molar-refractivity contribution >= 4 is 17.8 Å². The minimum atomic E-state index is -0.102. The fourth-order valence-corrected chi connectivity index (χ4v) is 3.34. The van der Waals surface area contributed by atoms with Gasteiger partial charge in [-0.15, -0.1) is 0 Å². The Morgan fingerprint density at radius 1 is 1.44 bits per heavy atom. The molecule has 0 radical (unpaired) electrons. The van der Waals surface area contributed by atoms with Crippen molar-refractivity contribution in [1.82, 2.24) is 10.6 Å². The first-order valence-electron chi connectivity index (χ1n) is 6.86. The van der Waals surface area contributed by atoms with Gasteiger partial charge in [-0.05, 0) is 37.9 Å². The van der Waals surface area contributed by atoms with Crippen LogP contribution in [0.1, 0.15) is 40.0 Å². The van der Waals surface area contributed by atoms with Gasteiger partial charge in [0.05, 0.1) is 0 Å². The van der Waals surface area contributed by atoms with Crippen LogP contribution in [0.3, 0.4) is 0 Å². The molecule has 1 aliphatic rings. The largest absolute Gasteiger partial charge is 0.396 e. The number of nitrogens with one attached hydrogen (secondary N) is 2. The highest BCUT2D eigenvalue weighted by Crippen LogP contribution is 2.29. The van der Waals surface area contributed by atoms with Crippen LogP contribution in [-0.4, -0.2) is 40.8 Å². The highest BCUT2D eigenvalue weighted by atomic mass is 32.2. The number of hydrogen-bond donors (Lipinski definition) is 3. The molecule has 0 bridgehead atoms. The molecule has 0 heterocycles. The Labute approximate surface area is 114 Å². The first-order valence-corrected chi connectivity index (χ1v) is 7.91. The summed E-state index contributed by atoms with van der Waals surface area (Å²) in [5.41, 5.74) is 0. The fraction of sp³-hybridized carbons (Fsp3) is 0.923. The summed E-state index contributed by atoms with van der Waals surface area (Å²) in [7, 11) is 0. The highest BCUT2D eigenvalue weighted by Gasteiger charge is 2.26. The van der Waals surface area contributed by atoms with Crippen LogP contribution in [0.15, 0.2) is 0 Å². The molecule has 4 unspecified atom stereocenters. The lowest BCUT2D eigenvalue weighted by Crippen LogP contribution is -2.47. The third kappa shape index (κ3) is 5.06. The fourth-order valence-electron chi connectivity index (χ4n) is 2.19. The highest BCUT2D eigenvalue weighted by molar-refractivity contribution is 7.99. The average Bonchev–Trinajstić information content (AvgIpc) is 2.75. The first-order chi connectivity index (χ1) is 8.56. The van der Waals surface area contributed by atoms with Crippen molar-refractivity contribution < 1.29 is 9.90 Å². The second kappa shape index (κ2) is 7.89. The van der Waals surface area contributed by atoms with Crippen LogP contribution in [0.5, 0.6) is 0 Å². The van der Waals surface area contributed by atoms with Crippen molar-refractivity contribution in [2.24, 2.45) is 5.92 Å². The minimum Gasteiger partial charge on any atom is -0.396 e. The van der Waals surface area contributed by atoms with Crippen LogP contribution in [0, 0.1) is 5.92 Å². The second-order valence-corrected chi connectivity index (χ2v) is 6.73. The summed E-state index contributed by atoms with van der Waals surface area (Å²) in [5.74, 6) is 1.23. The second-order valence-electron chi connectivity index (χ2n) is 5.15. The van der Waals surface area contributed by atoms with Gasteiger partial charge < -0.3 is 15.7 Å². The van der Waals surface area contributed by atoms with Gasteiger partial charge in [-0.3, -0.25) is 0 Å². The Hall–Kier alpha value is -0.420. The number of carbonyl (C=O) groups is 1. The predicted molar refractivity (Wildman–Crippen MR) is 76.9 cm³/mol. The van der Waals surface area contributed by atoms with E-state index in [0.717, 1.165) is 18.6 Å². The van der Waals surface area contributed by atoms with Crippen molar-refractivity contribution in [3.63, 3.8) is 0 Å². The Morgan fingerprint density at radius 2 is 2.17 bits per heavy atom. The molecule has 0 aromatic rings. The van der Waals surface area contributed by atoms with Crippen LogP contribution < -0.4 is 10.6 Å². The average molecular weight is 274 g/mol. The molecule has 1 fully saturated rings. The third-order valence-corrected chi connectivity index (χ3v) is 4.86. The maximum atomic E-state index is 11.8. The van der Waals surface area contributed by atoms with Gasteiger partial charge in [0.25, 0.3) is 0 Å². The monoisotopic (exact) mass is 274 g/mol. The smallest absolute Gasteiger partial charge is 0.315 e. The number of amides is 2. The SMILES string of the molecule is CCSC1CCC(NC(=O)NC(C)C(C)CO)C1. The van der Waals surface area contributed by atoms with Gasteiger partial charge in [0.1, 0.15) is 0 Å². The van der Waals surface area contributed by atoms with E-state index in [4.69, 9.17) is 5.11 Å². The van der Waals surface area contributed by atoms with Crippen molar-refractivity contribution in [3.05, 3.63) is 0 Å². The van der Waals surface area contributed by atoms with E-state index in [9.17, 15) is 4.79 Å². The van der Waals surface area contributed by atoms with Gasteiger partial charge >= 0.3 is 6.03 Å². The minimum absolute atomic E-state index is 0.00258. The number of rotatable bonds is 6. The molecule has 1 rings (SSSR count). The number of thioether (sulfide) groups is 1. The molecule has 0 aliphatic heterocycles. The molecule has 0 saturated heterocycles. The summed E-state index contributed by atoms with van der Waals surface area (Å²) < 4.78 is 0. The quantitative estimate of drug-likeness (QED) is 0.694. The van der Waals surface area contributed by atoms with E-state index in [-0.39, 0.29) is 24.6 Å². The van der Waals surface area contributed by atoms with Crippen molar-refractivity contribution in [2.45, 2.75) is 57.4 Å². The van der Waals surface area contributed by atoms with Gasteiger partial charge in [-0.25, -0.2) is 4.79 Å². The van der Waals surface area contributed by atoms with Crippen LogP contribution in [0.2, 0.25) is 0 Å². The van der Waals surface area contributed by atoms with E-state index in [1.807, 2.05) is 25.6 Å². The lowest BCUT2D eigenvalue weighted by atomic mass is 10.1. The zero-order valence-corrected chi connectivity index (χ0v) is 12.4. The lowest BCUT2D eigenvalue weighted by molar-refractivity contribution is 0.199. The lowest BCUT2D eigenvalue weighted by Gasteiger charge is -2.21. The molecular weight excluding hydrogens is 248 g/mol. The number of urea groups is 1. The van der Waals surface area contributed by atoms with E-state index in [0.29, 0.717) is 11.3 Å². The molecule has 0 spiro atoms. The predicted octanol–water partition coefficient (Wildman–Crippen LogP) is 1.98. The standard InChI is InChI=1S/C13H26N2O2S/c1-4-18-12-6-5-11(7-12)15-13(17)14-10(3)9(2)8-16/h9-12,16H,4-8H2,1-3H3,(H2,14,15,17). The Morgan fingerprint density at radius 3 is 2.78 bits per heavy atom. The summed E-state index contributed by atoms with van der Waals surface area (Å²) in [6.07, 6.45) is 3.36. The molecule has 0 aromatic heterocycles. The van der Waals surface area contributed by atoms with Gasteiger partial charge in [-0.1, -0.05) is 13.8 Å². The normalized spacial score (nSPS) is 26.7. The van der Waals surface area contributed by atoms with Crippen LogP contribution in [-0.2, 0) is 0 Å².